The molecule has 9 heteroatoms. The zero-order chi connectivity index (χ0) is 25.7. The second-order valence-corrected chi connectivity index (χ2v) is 9.71. The molecule has 188 valence electrons. The van der Waals surface area contributed by atoms with Crippen molar-refractivity contribution in [2.24, 2.45) is 7.05 Å². The van der Waals surface area contributed by atoms with Crippen LogP contribution in [0, 0.1) is 6.92 Å². The number of aromatic nitrogens is 4. The highest BCUT2D eigenvalue weighted by Gasteiger charge is 2.20. The summed E-state index contributed by atoms with van der Waals surface area (Å²) < 4.78 is 1.76. The second-order valence-electron chi connectivity index (χ2n) is 9.71. The van der Waals surface area contributed by atoms with Gasteiger partial charge in [0, 0.05) is 63.2 Å². The van der Waals surface area contributed by atoms with E-state index in [9.17, 15) is 9.59 Å². The minimum absolute atomic E-state index is 0.0971. The van der Waals surface area contributed by atoms with Gasteiger partial charge in [0.1, 0.15) is 0 Å². The maximum atomic E-state index is 12.5. The molecule has 0 bridgehead atoms. The van der Waals surface area contributed by atoms with Crippen molar-refractivity contribution in [1.29, 1.82) is 0 Å². The lowest BCUT2D eigenvalue weighted by atomic mass is 10.1. The fraction of sp³-hybridized carbons (Fsp3) is 0.286. The van der Waals surface area contributed by atoms with Gasteiger partial charge in [-0.1, -0.05) is 12.1 Å². The molecule has 0 unspecified atom stereocenters. The number of pyridine rings is 2. The second kappa shape index (κ2) is 9.01. The molecule has 0 atom stereocenters. The van der Waals surface area contributed by atoms with Gasteiger partial charge in [0.15, 0.2) is 0 Å². The average molecular weight is 496 g/mol. The summed E-state index contributed by atoms with van der Waals surface area (Å²) in [5.41, 5.74) is 6.40. The lowest BCUT2D eigenvalue weighted by Crippen LogP contribution is -2.46. The number of aryl methyl sites for hydroxylation is 2. The van der Waals surface area contributed by atoms with E-state index < -0.39 is 0 Å². The van der Waals surface area contributed by atoms with Gasteiger partial charge in [-0.25, -0.2) is 0 Å². The minimum atomic E-state index is -0.108. The Hall–Kier alpha value is -4.24. The summed E-state index contributed by atoms with van der Waals surface area (Å²) in [4.78, 5) is 37.2. The summed E-state index contributed by atoms with van der Waals surface area (Å²) in [6, 6.07) is 14.1. The van der Waals surface area contributed by atoms with Crippen molar-refractivity contribution in [3.8, 4) is 0 Å². The van der Waals surface area contributed by atoms with Crippen LogP contribution in [0.25, 0.3) is 32.7 Å². The highest BCUT2D eigenvalue weighted by molar-refractivity contribution is 6.03. The monoisotopic (exact) mass is 495 g/mol. The van der Waals surface area contributed by atoms with Crippen molar-refractivity contribution < 1.29 is 4.79 Å². The van der Waals surface area contributed by atoms with E-state index in [2.05, 4.69) is 49.5 Å². The Morgan fingerprint density at radius 1 is 1.05 bits per heavy atom. The molecule has 1 amide bonds. The number of nitrogens with one attached hydrogen (secondary N) is 2. The van der Waals surface area contributed by atoms with Gasteiger partial charge in [-0.2, -0.15) is 5.10 Å². The van der Waals surface area contributed by atoms with E-state index in [1.165, 1.54) is 5.56 Å². The molecule has 0 radical (unpaired) electrons. The molecule has 1 aliphatic rings. The number of rotatable bonds is 4. The zero-order valence-corrected chi connectivity index (χ0v) is 21.2. The highest BCUT2D eigenvalue weighted by atomic mass is 16.1. The van der Waals surface area contributed by atoms with Gasteiger partial charge in [-0.3, -0.25) is 24.2 Å². The number of carbonyl (C=O) groups is 1. The van der Waals surface area contributed by atoms with Gasteiger partial charge in [0.2, 0.25) is 0 Å². The van der Waals surface area contributed by atoms with Crippen LogP contribution in [-0.4, -0.2) is 63.8 Å². The van der Waals surface area contributed by atoms with E-state index in [1.54, 1.807) is 17.9 Å². The third kappa shape index (κ3) is 4.11. The van der Waals surface area contributed by atoms with Crippen molar-refractivity contribution in [3.05, 3.63) is 75.8 Å². The maximum Gasteiger partial charge on any atom is 0.259 e. The van der Waals surface area contributed by atoms with E-state index in [1.807, 2.05) is 32.2 Å². The number of piperazine rings is 1. The number of amides is 1. The van der Waals surface area contributed by atoms with E-state index in [0.29, 0.717) is 10.9 Å². The average Bonchev–Trinajstić information content (AvgIpc) is 3.30. The van der Waals surface area contributed by atoms with Gasteiger partial charge < -0.3 is 15.2 Å². The standard InChI is InChI=1S/C28H29N7O2/c1-17-25(14-20-13-19(27(36)29-2)5-7-23(20)31-17)35-10-8-34(9-11-35)16-18-4-6-21-24(12-18)32-28(37)22-15-30-33(3)26(21)22/h4-7,12-15H,8-11,16H2,1-3H3,(H,29,36)(H,32,37). The quantitative estimate of drug-likeness (QED) is 0.398. The molecule has 2 aromatic carbocycles. The number of nitrogens with zero attached hydrogens (tertiary/aromatic N) is 5. The van der Waals surface area contributed by atoms with Crippen LogP contribution in [0.15, 0.2) is 53.5 Å². The summed E-state index contributed by atoms with van der Waals surface area (Å²) in [6.45, 7) is 6.49. The Labute approximate surface area is 213 Å². The van der Waals surface area contributed by atoms with Crippen molar-refractivity contribution >= 4 is 44.3 Å². The fourth-order valence-electron chi connectivity index (χ4n) is 5.38. The molecule has 1 aliphatic heterocycles. The number of benzene rings is 2. The van der Waals surface area contributed by atoms with Crippen LogP contribution < -0.4 is 15.8 Å². The Morgan fingerprint density at radius 3 is 2.65 bits per heavy atom. The molecular weight excluding hydrogens is 466 g/mol. The van der Waals surface area contributed by atoms with Crippen molar-refractivity contribution in [2.75, 3.05) is 38.1 Å². The fourth-order valence-corrected chi connectivity index (χ4v) is 5.38. The number of fused-ring (bicyclic) bond motifs is 4. The predicted molar refractivity (Wildman–Crippen MR) is 146 cm³/mol. The topological polar surface area (TPSA) is 99.2 Å². The highest BCUT2D eigenvalue weighted by Crippen LogP contribution is 2.27. The Morgan fingerprint density at radius 2 is 1.86 bits per heavy atom. The van der Waals surface area contributed by atoms with Gasteiger partial charge in [0.05, 0.1) is 39.5 Å². The molecule has 37 heavy (non-hydrogen) atoms. The zero-order valence-electron chi connectivity index (χ0n) is 21.2. The maximum absolute atomic E-state index is 12.5. The number of hydrogen-bond acceptors (Lipinski definition) is 6. The van der Waals surface area contributed by atoms with Crippen molar-refractivity contribution in [3.63, 3.8) is 0 Å². The minimum Gasteiger partial charge on any atom is -0.367 e. The summed E-state index contributed by atoms with van der Waals surface area (Å²) in [6.07, 6.45) is 1.62. The van der Waals surface area contributed by atoms with Crippen molar-refractivity contribution in [1.82, 2.24) is 30.0 Å². The van der Waals surface area contributed by atoms with Crippen LogP contribution >= 0.6 is 0 Å². The largest absolute Gasteiger partial charge is 0.367 e. The smallest absolute Gasteiger partial charge is 0.259 e. The molecule has 6 rings (SSSR count). The van der Waals surface area contributed by atoms with E-state index in [4.69, 9.17) is 4.98 Å². The third-order valence-electron chi connectivity index (χ3n) is 7.36. The van der Waals surface area contributed by atoms with E-state index >= 15 is 0 Å². The molecule has 5 aromatic rings. The Balaban J connectivity index is 1.19. The first-order valence-electron chi connectivity index (χ1n) is 12.5. The van der Waals surface area contributed by atoms with Crippen LogP contribution in [0.1, 0.15) is 21.6 Å². The van der Waals surface area contributed by atoms with Crippen LogP contribution in [0.4, 0.5) is 5.69 Å². The lowest BCUT2D eigenvalue weighted by molar-refractivity contribution is 0.0963. The predicted octanol–water partition coefficient (Wildman–Crippen LogP) is 2.95. The molecule has 0 saturated carbocycles. The SMILES string of the molecule is CNC(=O)c1ccc2nc(C)c(N3CCN(Cc4ccc5c(c4)[nH]c(=O)c4cnn(C)c45)CC3)cc2c1. The van der Waals surface area contributed by atoms with Crippen LogP contribution in [0.5, 0.6) is 0 Å². The van der Waals surface area contributed by atoms with Crippen molar-refractivity contribution in [2.45, 2.75) is 13.5 Å². The Kier molecular flexibility index (Phi) is 5.64. The first-order valence-corrected chi connectivity index (χ1v) is 12.5. The third-order valence-corrected chi connectivity index (χ3v) is 7.36. The first-order chi connectivity index (χ1) is 17.9. The van der Waals surface area contributed by atoms with Gasteiger partial charge in [0.25, 0.3) is 11.5 Å². The molecule has 0 aliphatic carbocycles. The number of anilines is 1. The van der Waals surface area contributed by atoms with Gasteiger partial charge in [-0.05, 0) is 42.8 Å². The van der Waals surface area contributed by atoms with Gasteiger partial charge in [-0.15, -0.1) is 0 Å². The molecule has 9 nitrogen and oxygen atoms in total. The summed E-state index contributed by atoms with van der Waals surface area (Å²) >= 11 is 0. The normalized spacial score (nSPS) is 14.6. The number of carbonyl (C=O) groups excluding carboxylic acids is 1. The molecule has 3 aromatic heterocycles. The van der Waals surface area contributed by atoms with Gasteiger partial charge >= 0.3 is 0 Å². The lowest BCUT2D eigenvalue weighted by Gasteiger charge is -2.36. The number of H-pyrrole nitrogens is 1. The summed E-state index contributed by atoms with van der Waals surface area (Å²) in [5.74, 6) is -0.0971. The molecule has 1 fully saturated rings. The first kappa shape index (κ1) is 23.2. The number of hydrogen-bond donors (Lipinski definition) is 2. The van der Waals surface area contributed by atoms with Crippen LogP contribution in [0.3, 0.4) is 0 Å². The molecule has 4 heterocycles. The Bertz CT molecular complexity index is 1730. The van der Waals surface area contributed by atoms with E-state index in [0.717, 1.165) is 71.4 Å². The number of aromatic amines is 1. The molecule has 1 saturated heterocycles. The van der Waals surface area contributed by atoms with E-state index in [-0.39, 0.29) is 11.5 Å². The molecular formula is C28H29N7O2. The summed E-state index contributed by atoms with van der Waals surface area (Å²) in [5, 5.41) is 9.52. The molecule has 0 spiro atoms. The van der Waals surface area contributed by atoms with Crippen LogP contribution in [-0.2, 0) is 13.6 Å². The summed E-state index contributed by atoms with van der Waals surface area (Å²) in [7, 11) is 3.50. The van der Waals surface area contributed by atoms with Crippen LogP contribution in [0.2, 0.25) is 0 Å². The molecule has 2 N–H and O–H groups in total.